The second kappa shape index (κ2) is 8.17. The van der Waals surface area contributed by atoms with Crippen molar-refractivity contribution in [2.24, 2.45) is 5.73 Å². The lowest BCUT2D eigenvalue weighted by Crippen LogP contribution is -2.27. The zero-order valence-electron chi connectivity index (χ0n) is 16.0. The van der Waals surface area contributed by atoms with Gasteiger partial charge in [0, 0.05) is 17.6 Å². The highest BCUT2D eigenvalue weighted by Gasteiger charge is 2.24. The van der Waals surface area contributed by atoms with Gasteiger partial charge in [0.25, 0.3) is 21.8 Å². The lowest BCUT2D eigenvalue weighted by atomic mass is 10.2. The topological polar surface area (TPSA) is 138 Å². The van der Waals surface area contributed by atoms with Crippen LogP contribution in [0.1, 0.15) is 26.5 Å². The summed E-state index contributed by atoms with van der Waals surface area (Å²) < 4.78 is 27.1. The number of halogens is 1. The van der Waals surface area contributed by atoms with Crippen LogP contribution in [0, 0.1) is 6.92 Å². The van der Waals surface area contributed by atoms with Crippen molar-refractivity contribution in [3.8, 4) is 0 Å². The van der Waals surface area contributed by atoms with Gasteiger partial charge in [-0.05, 0) is 43.3 Å². The summed E-state index contributed by atoms with van der Waals surface area (Å²) in [7, 11) is -2.56. The maximum atomic E-state index is 13.0. The van der Waals surface area contributed by atoms with Gasteiger partial charge in [-0.2, -0.15) is 5.10 Å². The Morgan fingerprint density at radius 1 is 1.17 bits per heavy atom. The van der Waals surface area contributed by atoms with Crippen LogP contribution < -0.4 is 15.4 Å². The molecule has 0 fully saturated rings. The molecular formula is C19H18ClN5O4S. The number of hydrogen-bond donors (Lipinski definition) is 3. The Kier molecular flexibility index (Phi) is 5.81. The summed E-state index contributed by atoms with van der Waals surface area (Å²) >= 11 is 5.95. The van der Waals surface area contributed by atoms with E-state index in [4.69, 9.17) is 17.3 Å². The first-order chi connectivity index (χ1) is 14.1. The molecule has 0 aliphatic heterocycles. The highest BCUT2D eigenvalue weighted by molar-refractivity contribution is 7.92. The van der Waals surface area contributed by atoms with Crippen LogP contribution in [-0.2, 0) is 10.0 Å². The number of primary amides is 1. The van der Waals surface area contributed by atoms with Crippen molar-refractivity contribution in [1.29, 1.82) is 0 Å². The normalized spacial score (nSPS) is 11.2. The van der Waals surface area contributed by atoms with E-state index in [1.807, 2.05) is 0 Å². The van der Waals surface area contributed by atoms with Crippen LogP contribution in [0.2, 0.25) is 5.02 Å². The third kappa shape index (κ3) is 4.14. The maximum Gasteiger partial charge on any atom is 0.271 e. The Morgan fingerprint density at radius 3 is 2.53 bits per heavy atom. The molecule has 9 nitrogen and oxygen atoms in total. The monoisotopic (exact) mass is 447 g/mol. The Hall–Kier alpha value is -3.37. The fourth-order valence-corrected chi connectivity index (χ4v) is 4.13. The zero-order valence-corrected chi connectivity index (χ0v) is 17.6. The number of rotatable bonds is 6. The van der Waals surface area contributed by atoms with Gasteiger partial charge in [-0.3, -0.25) is 19.0 Å². The quantitative estimate of drug-likeness (QED) is 0.533. The van der Waals surface area contributed by atoms with E-state index < -0.39 is 21.8 Å². The van der Waals surface area contributed by atoms with Crippen LogP contribution in [0.5, 0.6) is 0 Å². The largest absolute Gasteiger partial charge is 0.364 e. The van der Waals surface area contributed by atoms with Gasteiger partial charge < -0.3 is 11.1 Å². The van der Waals surface area contributed by atoms with Crippen molar-refractivity contribution < 1.29 is 18.0 Å². The molecule has 4 N–H and O–H groups in total. The van der Waals surface area contributed by atoms with Gasteiger partial charge in [-0.25, -0.2) is 8.42 Å². The molecule has 0 atom stereocenters. The summed E-state index contributed by atoms with van der Waals surface area (Å²) in [5.41, 5.74) is 6.15. The number of H-pyrrole nitrogens is 1. The lowest BCUT2D eigenvalue weighted by Gasteiger charge is -2.20. The fourth-order valence-electron chi connectivity index (χ4n) is 2.71. The molecule has 0 aliphatic rings. The van der Waals surface area contributed by atoms with Crippen molar-refractivity contribution >= 4 is 44.8 Å². The minimum Gasteiger partial charge on any atom is -0.364 e. The molecular weight excluding hydrogens is 430 g/mol. The van der Waals surface area contributed by atoms with Crippen LogP contribution in [0.15, 0.2) is 53.4 Å². The summed E-state index contributed by atoms with van der Waals surface area (Å²) in [6, 6.07) is 11.9. The molecule has 3 aromatic rings. The molecule has 11 heteroatoms. The van der Waals surface area contributed by atoms with E-state index >= 15 is 0 Å². The average molecular weight is 448 g/mol. The molecule has 156 valence electrons. The van der Waals surface area contributed by atoms with E-state index in [1.54, 1.807) is 25.1 Å². The number of aromatic amines is 1. The predicted molar refractivity (Wildman–Crippen MR) is 113 cm³/mol. The average Bonchev–Trinajstić information content (AvgIpc) is 3.08. The Morgan fingerprint density at radius 2 is 1.87 bits per heavy atom. The second-order valence-corrected chi connectivity index (χ2v) is 8.78. The van der Waals surface area contributed by atoms with Crippen molar-refractivity contribution in [3.05, 3.63) is 70.5 Å². The van der Waals surface area contributed by atoms with E-state index in [-0.39, 0.29) is 21.8 Å². The molecule has 3 rings (SSSR count). The number of aryl methyl sites for hydroxylation is 1. The van der Waals surface area contributed by atoms with Crippen LogP contribution in [0.25, 0.3) is 0 Å². The molecule has 30 heavy (non-hydrogen) atoms. The Balaban J connectivity index is 1.91. The number of amides is 2. The van der Waals surface area contributed by atoms with E-state index in [2.05, 4.69) is 15.5 Å². The van der Waals surface area contributed by atoms with Crippen LogP contribution >= 0.6 is 11.6 Å². The summed E-state index contributed by atoms with van der Waals surface area (Å²) in [6.07, 6.45) is 0. The number of anilines is 2. The summed E-state index contributed by atoms with van der Waals surface area (Å²) in [4.78, 5) is 24.1. The molecule has 0 saturated heterocycles. The summed E-state index contributed by atoms with van der Waals surface area (Å²) in [5, 5.41) is 9.26. The van der Waals surface area contributed by atoms with E-state index in [0.717, 1.165) is 4.31 Å². The van der Waals surface area contributed by atoms with Gasteiger partial charge in [-0.1, -0.05) is 23.7 Å². The van der Waals surface area contributed by atoms with Gasteiger partial charge in [0.05, 0.1) is 22.0 Å². The number of nitrogens with one attached hydrogen (secondary N) is 2. The fraction of sp³-hybridized carbons (Fsp3) is 0.105. The van der Waals surface area contributed by atoms with Crippen LogP contribution in [0.4, 0.5) is 11.4 Å². The minimum absolute atomic E-state index is 0.0755. The van der Waals surface area contributed by atoms with E-state index in [0.29, 0.717) is 16.4 Å². The molecule has 0 spiro atoms. The van der Waals surface area contributed by atoms with Gasteiger partial charge in [-0.15, -0.1) is 0 Å². The second-order valence-electron chi connectivity index (χ2n) is 6.37. The number of carbonyl (C=O) groups is 2. The SMILES string of the molecule is Cc1[nH]nc(C(N)=O)c1NC(=O)c1cccc(S(=O)(=O)N(C)c2cccc(Cl)c2)c1. The van der Waals surface area contributed by atoms with Gasteiger partial charge in [0.2, 0.25) is 0 Å². The highest BCUT2D eigenvalue weighted by atomic mass is 35.5. The number of benzene rings is 2. The van der Waals surface area contributed by atoms with Crippen LogP contribution in [0.3, 0.4) is 0 Å². The van der Waals surface area contributed by atoms with Gasteiger partial charge >= 0.3 is 0 Å². The molecule has 2 amide bonds. The number of carbonyl (C=O) groups excluding carboxylic acids is 2. The van der Waals surface area contributed by atoms with E-state index in [9.17, 15) is 18.0 Å². The molecule has 1 aromatic heterocycles. The van der Waals surface area contributed by atoms with Crippen molar-refractivity contribution in [2.75, 3.05) is 16.7 Å². The molecule has 0 aliphatic carbocycles. The third-order valence-electron chi connectivity index (χ3n) is 4.35. The standard InChI is InChI=1S/C19H18ClN5O4S/c1-11-16(17(18(21)26)24-23-11)22-19(27)12-5-3-8-15(9-12)30(28,29)25(2)14-7-4-6-13(20)10-14/h3-10H,1-2H3,(H2,21,26)(H,22,27)(H,23,24). The lowest BCUT2D eigenvalue weighted by molar-refractivity contribution is 0.0996. The molecule has 0 saturated carbocycles. The van der Waals surface area contributed by atoms with Gasteiger partial charge in [0.1, 0.15) is 0 Å². The molecule has 2 aromatic carbocycles. The third-order valence-corrected chi connectivity index (χ3v) is 6.36. The van der Waals surface area contributed by atoms with Crippen LogP contribution in [-0.4, -0.2) is 37.5 Å². The first kappa shape index (κ1) is 21.3. The van der Waals surface area contributed by atoms with Crippen molar-refractivity contribution in [2.45, 2.75) is 11.8 Å². The molecule has 1 heterocycles. The highest BCUT2D eigenvalue weighted by Crippen LogP contribution is 2.25. The Bertz CT molecular complexity index is 1240. The molecule has 0 unspecified atom stereocenters. The number of nitrogens with two attached hydrogens (primary N) is 1. The number of aromatic nitrogens is 2. The number of hydrogen-bond acceptors (Lipinski definition) is 5. The van der Waals surface area contributed by atoms with Crippen molar-refractivity contribution in [1.82, 2.24) is 10.2 Å². The summed E-state index contributed by atoms with van der Waals surface area (Å²) in [6.45, 7) is 1.61. The Labute approximate surface area is 177 Å². The smallest absolute Gasteiger partial charge is 0.271 e. The zero-order chi connectivity index (χ0) is 22.1. The first-order valence-electron chi connectivity index (χ1n) is 8.62. The predicted octanol–water partition coefficient (Wildman–Crippen LogP) is 2.55. The van der Waals surface area contributed by atoms with Gasteiger partial charge in [0.15, 0.2) is 5.69 Å². The first-order valence-corrected chi connectivity index (χ1v) is 10.4. The van der Waals surface area contributed by atoms with Crippen molar-refractivity contribution in [3.63, 3.8) is 0 Å². The maximum absolute atomic E-state index is 13.0. The molecule has 0 radical (unpaired) electrons. The minimum atomic E-state index is -3.95. The molecule has 0 bridgehead atoms. The summed E-state index contributed by atoms with van der Waals surface area (Å²) in [5.74, 6) is -1.43. The number of nitrogens with zero attached hydrogens (tertiary/aromatic N) is 2. The number of sulfonamides is 1. The van der Waals surface area contributed by atoms with E-state index in [1.165, 1.54) is 37.4 Å².